The lowest BCUT2D eigenvalue weighted by molar-refractivity contribution is -0.137. The second-order valence-corrected chi connectivity index (χ2v) is 5.50. The van der Waals surface area contributed by atoms with Crippen molar-refractivity contribution >= 4 is 17.7 Å². The number of benzene rings is 1. The number of rotatable bonds is 4. The van der Waals surface area contributed by atoms with Gasteiger partial charge in [0.2, 0.25) is 0 Å². The molecule has 0 aliphatic rings. The van der Waals surface area contributed by atoms with Gasteiger partial charge >= 0.3 is 12.3 Å². The van der Waals surface area contributed by atoms with Crippen LogP contribution in [0.1, 0.15) is 23.2 Å². The summed E-state index contributed by atoms with van der Waals surface area (Å²) in [6.07, 6.45) is -4.15. The van der Waals surface area contributed by atoms with E-state index in [1.54, 1.807) is 0 Å². The molecular formula is C18H14ClF3N2O2. The van der Waals surface area contributed by atoms with Crippen LogP contribution < -0.4 is 5.32 Å². The van der Waals surface area contributed by atoms with Crippen molar-refractivity contribution in [3.05, 3.63) is 64.4 Å². The number of pyridine rings is 1. The van der Waals surface area contributed by atoms with Crippen LogP contribution in [0.5, 0.6) is 0 Å². The molecule has 2 aromatic rings. The van der Waals surface area contributed by atoms with Gasteiger partial charge in [0.05, 0.1) is 10.6 Å². The largest absolute Gasteiger partial charge is 0.445 e. The lowest BCUT2D eigenvalue weighted by Gasteiger charge is -2.06. The van der Waals surface area contributed by atoms with Crippen LogP contribution in [0.4, 0.5) is 18.0 Å². The summed E-state index contributed by atoms with van der Waals surface area (Å²) >= 11 is 5.74. The molecule has 1 amide bonds. The molecule has 2 rings (SSSR count). The van der Waals surface area contributed by atoms with Crippen molar-refractivity contribution in [2.75, 3.05) is 6.54 Å². The van der Waals surface area contributed by atoms with Crippen molar-refractivity contribution in [1.29, 1.82) is 0 Å². The van der Waals surface area contributed by atoms with Gasteiger partial charge in [0, 0.05) is 19.2 Å². The fourth-order valence-electron chi connectivity index (χ4n) is 1.83. The molecule has 4 nitrogen and oxygen atoms in total. The predicted octanol–water partition coefficient (Wildman–Crippen LogP) is 4.42. The zero-order valence-electron chi connectivity index (χ0n) is 13.4. The first kappa shape index (κ1) is 19.6. The smallest absolute Gasteiger partial charge is 0.417 e. The maximum absolute atomic E-state index is 12.5. The van der Waals surface area contributed by atoms with Crippen LogP contribution in [-0.2, 0) is 17.5 Å². The first-order valence-electron chi connectivity index (χ1n) is 7.52. The van der Waals surface area contributed by atoms with E-state index >= 15 is 0 Å². The summed E-state index contributed by atoms with van der Waals surface area (Å²) in [5.41, 5.74) is -0.0207. The Morgan fingerprint density at radius 3 is 2.65 bits per heavy atom. The van der Waals surface area contributed by atoms with Crippen LogP contribution in [0.25, 0.3) is 0 Å². The first-order valence-corrected chi connectivity index (χ1v) is 7.90. The number of amides is 1. The number of nitrogens with one attached hydrogen (secondary N) is 1. The summed E-state index contributed by atoms with van der Waals surface area (Å²) in [6, 6.07) is 9.98. The molecule has 0 aliphatic carbocycles. The topological polar surface area (TPSA) is 51.2 Å². The molecule has 26 heavy (non-hydrogen) atoms. The molecule has 1 heterocycles. The van der Waals surface area contributed by atoms with Gasteiger partial charge in [-0.3, -0.25) is 0 Å². The Morgan fingerprint density at radius 2 is 2.00 bits per heavy atom. The highest BCUT2D eigenvalue weighted by atomic mass is 35.5. The molecule has 1 aromatic heterocycles. The van der Waals surface area contributed by atoms with E-state index in [0.29, 0.717) is 6.20 Å². The highest BCUT2D eigenvalue weighted by Gasteiger charge is 2.31. The highest BCUT2D eigenvalue weighted by Crippen LogP contribution is 2.30. The monoisotopic (exact) mass is 382 g/mol. The fourth-order valence-corrected chi connectivity index (χ4v) is 2.05. The molecule has 1 N–H and O–H groups in total. The Hall–Kier alpha value is -2.72. The molecule has 0 fully saturated rings. The lowest BCUT2D eigenvalue weighted by Crippen LogP contribution is -2.24. The minimum absolute atomic E-state index is 0.0475. The molecule has 0 saturated heterocycles. The van der Waals surface area contributed by atoms with E-state index in [-0.39, 0.29) is 30.3 Å². The number of hydrogen-bond acceptors (Lipinski definition) is 3. The van der Waals surface area contributed by atoms with E-state index in [9.17, 15) is 18.0 Å². The molecule has 8 heteroatoms. The van der Waals surface area contributed by atoms with Gasteiger partial charge < -0.3 is 10.1 Å². The minimum Gasteiger partial charge on any atom is -0.445 e. The van der Waals surface area contributed by atoms with E-state index in [0.717, 1.165) is 11.6 Å². The zero-order chi connectivity index (χ0) is 19.0. The van der Waals surface area contributed by atoms with E-state index in [1.807, 2.05) is 30.3 Å². The molecular weight excluding hydrogens is 369 g/mol. The fraction of sp³-hybridized carbons (Fsp3) is 0.222. The number of ether oxygens (including phenoxy) is 1. The number of halogens is 4. The standard InChI is InChI=1S/C18H14ClF3N2O2/c19-15-10-14(18(20,21)22)11-24-16(15)8-4-5-9-23-17(25)26-12-13-6-2-1-3-7-13/h1-3,6-7,10-11H,5,9,12H2,(H,23,25). The van der Waals surface area contributed by atoms with Gasteiger partial charge in [-0.25, -0.2) is 9.78 Å². The van der Waals surface area contributed by atoms with Crippen LogP contribution in [0.2, 0.25) is 5.02 Å². The zero-order valence-corrected chi connectivity index (χ0v) is 14.2. The van der Waals surface area contributed by atoms with Crippen LogP contribution in [0, 0.1) is 11.8 Å². The number of alkyl halides is 3. The van der Waals surface area contributed by atoms with Gasteiger partial charge in [-0.1, -0.05) is 47.9 Å². The normalized spacial score (nSPS) is 10.6. The Kier molecular flexibility index (Phi) is 6.87. The molecule has 1 aromatic carbocycles. The number of carbonyl (C=O) groups is 1. The van der Waals surface area contributed by atoms with Crippen molar-refractivity contribution in [3.8, 4) is 11.8 Å². The maximum Gasteiger partial charge on any atom is 0.417 e. The quantitative estimate of drug-likeness (QED) is 0.629. The molecule has 0 unspecified atom stereocenters. The third-order valence-corrected chi connectivity index (χ3v) is 3.40. The van der Waals surface area contributed by atoms with Crippen molar-refractivity contribution < 1.29 is 22.7 Å². The van der Waals surface area contributed by atoms with Gasteiger partial charge in [-0.15, -0.1) is 0 Å². The van der Waals surface area contributed by atoms with Gasteiger partial charge in [-0.2, -0.15) is 13.2 Å². The second-order valence-electron chi connectivity index (χ2n) is 5.09. The van der Waals surface area contributed by atoms with Crippen molar-refractivity contribution in [2.45, 2.75) is 19.2 Å². The summed E-state index contributed by atoms with van der Waals surface area (Å²) in [4.78, 5) is 15.1. The number of carbonyl (C=O) groups excluding carboxylic acids is 1. The van der Waals surface area contributed by atoms with Crippen LogP contribution >= 0.6 is 11.6 Å². The number of alkyl carbamates (subject to hydrolysis) is 1. The predicted molar refractivity (Wildman–Crippen MR) is 90.4 cm³/mol. The van der Waals surface area contributed by atoms with Crippen LogP contribution in [-0.4, -0.2) is 17.6 Å². The lowest BCUT2D eigenvalue weighted by atomic mass is 10.2. The molecule has 0 saturated carbocycles. The Bertz CT molecular complexity index is 815. The van der Waals surface area contributed by atoms with E-state index in [2.05, 4.69) is 22.1 Å². The molecule has 0 atom stereocenters. The first-order chi connectivity index (χ1) is 12.4. The Labute approximate surface area is 153 Å². The summed E-state index contributed by atoms with van der Waals surface area (Å²) < 4.78 is 42.6. The van der Waals surface area contributed by atoms with E-state index < -0.39 is 17.8 Å². The van der Waals surface area contributed by atoms with Gasteiger partial charge in [-0.05, 0) is 17.6 Å². The van der Waals surface area contributed by atoms with Crippen LogP contribution in [0.3, 0.4) is 0 Å². The Morgan fingerprint density at radius 1 is 1.27 bits per heavy atom. The highest BCUT2D eigenvalue weighted by molar-refractivity contribution is 6.31. The molecule has 0 spiro atoms. The van der Waals surface area contributed by atoms with E-state index in [4.69, 9.17) is 16.3 Å². The average molecular weight is 383 g/mol. The average Bonchev–Trinajstić information content (AvgIpc) is 2.61. The summed E-state index contributed by atoms with van der Waals surface area (Å²) in [5, 5.41) is 2.34. The number of aromatic nitrogens is 1. The Balaban J connectivity index is 1.76. The molecule has 0 aliphatic heterocycles. The van der Waals surface area contributed by atoms with Gasteiger partial charge in [0.15, 0.2) is 0 Å². The summed E-state index contributed by atoms with van der Waals surface area (Å²) in [6.45, 7) is 0.377. The number of nitrogens with zero attached hydrogens (tertiary/aromatic N) is 1. The third-order valence-electron chi connectivity index (χ3n) is 3.11. The molecule has 136 valence electrons. The minimum atomic E-state index is -4.51. The third kappa shape index (κ3) is 6.30. The van der Waals surface area contributed by atoms with Crippen molar-refractivity contribution in [2.24, 2.45) is 0 Å². The summed E-state index contributed by atoms with van der Waals surface area (Å²) in [5.74, 6) is 5.25. The van der Waals surface area contributed by atoms with Gasteiger partial charge in [0.1, 0.15) is 12.3 Å². The number of hydrogen-bond donors (Lipinski definition) is 1. The maximum atomic E-state index is 12.5. The van der Waals surface area contributed by atoms with E-state index in [1.165, 1.54) is 0 Å². The van der Waals surface area contributed by atoms with Crippen molar-refractivity contribution in [3.63, 3.8) is 0 Å². The van der Waals surface area contributed by atoms with Crippen LogP contribution in [0.15, 0.2) is 42.6 Å². The SMILES string of the molecule is O=C(NCCC#Cc1ncc(C(F)(F)F)cc1Cl)OCc1ccccc1. The molecule has 0 bridgehead atoms. The molecule has 0 radical (unpaired) electrons. The second kappa shape index (κ2) is 9.11. The van der Waals surface area contributed by atoms with Crippen molar-refractivity contribution in [1.82, 2.24) is 10.3 Å². The summed E-state index contributed by atoms with van der Waals surface area (Å²) in [7, 11) is 0. The van der Waals surface area contributed by atoms with Gasteiger partial charge in [0.25, 0.3) is 0 Å².